The summed E-state index contributed by atoms with van der Waals surface area (Å²) in [6, 6.07) is 0. The second kappa shape index (κ2) is 3.16. The summed E-state index contributed by atoms with van der Waals surface area (Å²) in [7, 11) is -4.00. The van der Waals surface area contributed by atoms with E-state index < -0.39 is 34.5 Å². The minimum atomic E-state index is -4.00. The van der Waals surface area contributed by atoms with Gasteiger partial charge in [0.1, 0.15) is 12.2 Å². The summed E-state index contributed by atoms with van der Waals surface area (Å²) in [5.41, 5.74) is 0. The topological polar surface area (TPSA) is 102 Å². The summed E-state index contributed by atoms with van der Waals surface area (Å²) in [5.74, 6) is -1.97. The largest absolute Gasteiger partial charge is 0.481 e. The average molecular weight is 223 g/mol. The van der Waals surface area contributed by atoms with Crippen LogP contribution in [0, 0.1) is 5.92 Å². The highest BCUT2D eigenvalue weighted by atomic mass is 32.3. The molecule has 80 valence electrons. The van der Waals surface area contributed by atoms with Gasteiger partial charge in [0.2, 0.25) is 0 Å². The van der Waals surface area contributed by atoms with Crippen LogP contribution in [0.4, 0.5) is 0 Å². The molecule has 0 spiro atoms. The van der Waals surface area contributed by atoms with Crippen LogP contribution in [0.1, 0.15) is 0 Å². The number of fused-ring (bicyclic) bond motifs is 1. The number of carboxylic acid groups (broad SMARTS) is 1. The summed E-state index contributed by atoms with van der Waals surface area (Å²) in [6.45, 7) is 0.475. The maximum absolute atomic E-state index is 10.9. The number of nitrogens with one attached hydrogen (secondary N) is 1. The molecule has 0 saturated carbocycles. The third-order valence-electron chi connectivity index (χ3n) is 2.26. The van der Waals surface area contributed by atoms with Gasteiger partial charge in [0, 0.05) is 13.1 Å². The van der Waals surface area contributed by atoms with Gasteiger partial charge in [0.05, 0.1) is 5.92 Å². The monoisotopic (exact) mass is 223 g/mol. The highest BCUT2D eigenvalue weighted by Crippen LogP contribution is 2.28. The van der Waals surface area contributed by atoms with Crippen molar-refractivity contribution < 1.29 is 26.7 Å². The molecule has 7 nitrogen and oxygen atoms in total. The van der Waals surface area contributed by atoms with Gasteiger partial charge in [-0.15, -0.1) is 0 Å². The Kier molecular flexibility index (Phi) is 2.22. The molecule has 2 saturated heterocycles. The van der Waals surface area contributed by atoms with Crippen molar-refractivity contribution in [3.63, 3.8) is 0 Å². The Morgan fingerprint density at radius 2 is 2.07 bits per heavy atom. The van der Waals surface area contributed by atoms with Crippen LogP contribution in [0.5, 0.6) is 0 Å². The van der Waals surface area contributed by atoms with E-state index in [9.17, 15) is 13.2 Å². The molecule has 0 aromatic carbocycles. The molecular weight excluding hydrogens is 214 g/mol. The fourth-order valence-electron chi connectivity index (χ4n) is 1.63. The third-order valence-corrected chi connectivity index (χ3v) is 3.20. The first-order chi connectivity index (χ1) is 6.49. The number of hydrogen-bond acceptors (Lipinski definition) is 6. The number of hydrogen-bond donors (Lipinski definition) is 2. The molecular formula is C6H9NO6S. The van der Waals surface area contributed by atoms with E-state index in [1.807, 2.05) is 0 Å². The van der Waals surface area contributed by atoms with Crippen molar-refractivity contribution in [1.29, 1.82) is 0 Å². The first-order valence-corrected chi connectivity index (χ1v) is 5.38. The Balaban J connectivity index is 2.22. The van der Waals surface area contributed by atoms with Crippen molar-refractivity contribution in [3.8, 4) is 0 Å². The second-order valence-electron chi connectivity index (χ2n) is 3.21. The highest BCUT2D eigenvalue weighted by molar-refractivity contribution is 7.82. The fraction of sp³-hybridized carbons (Fsp3) is 0.833. The molecule has 2 aliphatic rings. The van der Waals surface area contributed by atoms with E-state index in [0.717, 1.165) is 0 Å². The molecule has 0 aliphatic carbocycles. The van der Waals surface area contributed by atoms with Gasteiger partial charge in [0.25, 0.3) is 0 Å². The van der Waals surface area contributed by atoms with E-state index in [-0.39, 0.29) is 13.1 Å². The van der Waals surface area contributed by atoms with E-state index >= 15 is 0 Å². The van der Waals surface area contributed by atoms with Crippen molar-refractivity contribution in [2.24, 2.45) is 5.92 Å². The van der Waals surface area contributed by atoms with E-state index in [1.54, 1.807) is 0 Å². The van der Waals surface area contributed by atoms with E-state index in [0.29, 0.717) is 0 Å². The van der Waals surface area contributed by atoms with Crippen LogP contribution < -0.4 is 5.32 Å². The second-order valence-corrected chi connectivity index (χ2v) is 4.41. The van der Waals surface area contributed by atoms with Crippen LogP contribution in [0.25, 0.3) is 0 Å². The molecule has 0 aromatic rings. The third kappa shape index (κ3) is 1.61. The van der Waals surface area contributed by atoms with Crippen LogP contribution >= 0.6 is 0 Å². The predicted molar refractivity (Wildman–Crippen MR) is 42.7 cm³/mol. The molecule has 2 fully saturated rings. The lowest BCUT2D eigenvalue weighted by molar-refractivity contribution is -0.146. The van der Waals surface area contributed by atoms with E-state index in [2.05, 4.69) is 13.7 Å². The Morgan fingerprint density at radius 1 is 1.36 bits per heavy atom. The Labute approximate surface area is 80.3 Å². The molecule has 0 radical (unpaired) electrons. The van der Waals surface area contributed by atoms with Gasteiger partial charge in [-0.05, 0) is 0 Å². The molecule has 1 unspecified atom stereocenters. The van der Waals surface area contributed by atoms with Crippen LogP contribution in [0.2, 0.25) is 0 Å². The molecule has 2 N–H and O–H groups in total. The van der Waals surface area contributed by atoms with Gasteiger partial charge in [-0.2, -0.15) is 8.42 Å². The van der Waals surface area contributed by atoms with Crippen molar-refractivity contribution >= 4 is 16.4 Å². The summed E-state index contributed by atoms with van der Waals surface area (Å²) in [6.07, 6.45) is -1.63. The van der Waals surface area contributed by atoms with Crippen LogP contribution in [-0.4, -0.2) is 44.8 Å². The Morgan fingerprint density at radius 3 is 2.71 bits per heavy atom. The molecule has 3 atom stereocenters. The van der Waals surface area contributed by atoms with E-state index in [4.69, 9.17) is 5.11 Å². The zero-order valence-corrected chi connectivity index (χ0v) is 7.86. The maximum atomic E-state index is 10.9. The van der Waals surface area contributed by atoms with Crippen molar-refractivity contribution in [1.82, 2.24) is 5.32 Å². The SMILES string of the molecule is O=C(O)C1CNC[C@@H]2OS(=O)(=O)O[C@H]12. The average Bonchev–Trinajstić information content (AvgIpc) is 2.36. The number of piperidine rings is 1. The maximum Gasteiger partial charge on any atom is 0.400 e. The van der Waals surface area contributed by atoms with E-state index in [1.165, 1.54) is 0 Å². The number of rotatable bonds is 1. The Hall–Kier alpha value is -0.700. The smallest absolute Gasteiger partial charge is 0.400 e. The van der Waals surface area contributed by atoms with Gasteiger partial charge in [0.15, 0.2) is 0 Å². The first kappa shape index (κ1) is 9.84. The molecule has 0 aromatic heterocycles. The lowest BCUT2D eigenvalue weighted by Gasteiger charge is -2.27. The predicted octanol–water partition coefficient (Wildman–Crippen LogP) is -1.68. The van der Waals surface area contributed by atoms with Crippen molar-refractivity contribution in [2.75, 3.05) is 13.1 Å². The number of carboxylic acids is 1. The summed E-state index contributed by atoms with van der Waals surface area (Å²) < 4.78 is 30.9. The molecule has 2 heterocycles. The van der Waals surface area contributed by atoms with Crippen molar-refractivity contribution in [2.45, 2.75) is 12.2 Å². The fourth-order valence-corrected chi connectivity index (χ4v) is 2.68. The molecule has 8 heteroatoms. The summed E-state index contributed by atoms with van der Waals surface area (Å²) in [4.78, 5) is 10.7. The zero-order chi connectivity index (χ0) is 10.3. The normalized spacial score (nSPS) is 40.4. The minimum absolute atomic E-state index is 0.190. The van der Waals surface area contributed by atoms with Gasteiger partial charge in [-0.3, -0.25) is 4.79 Å². The molecule has 2 rings (SSSR count). The summed E-state index contributed by atoms with van der Waals surface area (Å²) >= 11 is 0. The van der Waals surface area contributed by atoms with Gasteiger partial charge < -0.3 is 10.4 Å². The van der Waals surface area contributed by atoms with Crippen LogP contribution in [0.3, 0.4) is 0 Å². The zero-order valence-electron chi connectivity index (χ0n) is 7.04. The number of aliphatic carboxylic acids is 1. The van der Waals surface area contributed by atoms with Crippen LogP contribution in [0.15, 0.2) is 0 Å². The summed E-state index contributed by atoms with van der Waals surface area (Å²) in [5, 5.41) is 11.6. The highest BCUT2D eigenvalue weighted by Gasteiger charge is 2.49. The molecule has 14 heavy (non-hydrogen) atoms. The lowest BCUT2D eigenvalue weighted by Crippen LogP contribution is -2.51. The molecule has 0 amide bonds. The quantitative estimate of drug-likeness (QED) is 0.547. The first-order valence-electron chi connectivity index (χ1n) is 4.04. The minimum Gasteiger partial charge on any atom is -0.481 e. The van der Waals surface area contributed by atoms with Crippen molar-refractivity contribution in [3.05, 3.63) is 0 Å². The lowest BCUT2D eigenvalue weighted by atomic mass is 9.94. The number of carbonyl (C=O) groups is 1. The van der Waals surface area contributed by atoms with Gasteiger partial charge >= 0.3 is 16.4 Å². The molecule has 2 aliphatic heterocycles. The molecule has 0 bridgehead atoms. The van der Waals surface area contributed by atoms with Crippen LogP contribution in [-0.2, 0) is 23.6 Å². The van der Waals surface area contributed by atoms with Gasteiger partial charge in [-0.1, -0.05) is 0 Å². The standard InChI is InChI=1S/C6H9NO6S/c8-6(9)3-1-7-2-4-5(3)13-14(10,11)12-4/h3-5,7H,1-2H2,(H,8,9)/t3?,4-,5+/m0/s1. The van der Waals surface area contributed by atoms with Gasteiger partial charge in [-0.25, -0.2) is 8.37 Å². The Bertz CT molecular complexity index is 351.